The molecule has 0 saturated carbocycles. The Morgan fingerprint density at radius 2 is 1.96 bits per heavy atom. The van der Waals surface area contributed by atoms with Crippen LogP contribution in [-0.2, 0) is 11.3 Å². The van der Waals surface area contributed by atoms with Crippen molar-refractivity contribution in [3.05, 3.63) is 47.5 Å². The Labute approximate surface area is 134 Å². The van der Waals surface area contributed by atoms with E-state index < -0.39 is 5.97 Å². The molecule has 0 unspecified atom stereocenters. The number of fused-ring (bicyclic) bond motifs is 1. The van der Waals surface area contributed by atoms with E-state index in [2.05, 4.69) is 6.07 Å². The summed E-state index contributed by atoms with van der Waals surface area (Å²) in [4.78, 5) is 15.7. The monoisotopic (exact) mass is 309 g/mol. The van der Waals surface area contributed by atoms with Gasteiger partial charge in [-0.25, -0.2) is 4.98 Å². The summed E-state index contributed by atoms with van der Waals surface area (Å²) in [5.74, 6) is -0.0761. The van der Waals surface area contributed by atoms with Crippen LogP contribution in [0.4, 0.5) is 5.69 Å². The smallest absolute Gasteiger partial charge is 0.305 e. The summed E-state index contributed by atoms with van der Waals surface area (Å²) in [5, 5.41) is 9.03. The molecule has 0 aliphatic heterocycles. The molecule has 0 saturated heterocycles. The molecule has 2 aromatic carbocycles. The molecular weight excluding hydrogens is 290 g/mol. The topological polar surface area (TPSA) is 81.1 Å². The van der Waals surface area contributed by atoms with Crippen molar-refractivity contribution in [1.82, 2.24) is 9.55 Å². The number of rotatable bonds is 4. The van der Waals surface area contributed by atoms with Crippen LogP contribution in [-0.4, -0.2) is 20.6 Å². The highest BCUT2D eigenvalue weighted by molar-refractivity contribution is 5.83. The highest BCUT2D eigenvalue weighted by Crippen LogP contribution is 2.28. The fraction of sp³-hybridized carbons (Fsp3) is 0.222. The van der Waals surface area contributed by atoms with Crippen LogP contribution in [0.3, 0.4) is 0 Å². The number of hydrogen-bond acceptors (Lipinski definition) is 3. The number of carboxylic acids is 1. The second-order valence-corrected chi connectivity index (χ2v) is 5.78. The molecule has 23 heavy (non-hydrogen) atoms. The summed E-state index contributed by atoms with van der Waals surface area (Å²) < 4.78 is 1.96. The van der Waals surface area contributed by atoms with Gasteiger partial charge in [-0.3, -0.25) is 4.79 Å². The largest absolute Gasteiger partial charge is 0.481 e. The number of nitrogen functional groups attached to an aromatic ring is 1. The van der Waals surface area contributed by atoms with Gasteiger partial charge in [0.25, 0.3) is 0 Å². The molecule has 0 radical (unpaired) electrons. The lowest BCUT2D eigenvalue weighted by molar-refractivity contribution is -0.137. The third-order valence-electron chi connectivity index (χ3n) is 4.06. The number of carbonyl (C=O) groups is 1. The molecule has 1 heterocycles. The number of aryl methyl sites for hydroxylation is 3. The second kappa shape index (κ2) is 5.76. The van der Waals surface area contributed by atoms with Gasteiger partial charge in [-0.05, 0) is 49.2 Å². The van der Waals surface area contributed by atoms with Crippen LogP contribution in [0.1, 0.15) is 17.5 Å². The molecule has 0 bridgehead atoms. The van der Waals surface area contributed by atoms with Gasteiger partial charge in [-0.15, -0.1) is 0 Å². The fourth-order valence-corrected chi connectivity index (χ4v) is 2.71. The second-order valence-electron chi connectivity index (χ2n) is 5.78. The van der Waals surface area contributed by atoms with Gasteiger partial charge in [0.05, 0.1) is 17.5 Å². The van der Waals surface area contributed by atoms with Gasteiger partial charge in [0.1, 0.15) is 5.82 Å². The third-order valence-corrected chi connectivity index (χ3v) is 4.06. The molecule has 0 atom stereocenters. The van der Waals surface area contributed by atoms with Gasteiger partial charge < -0.3 is 15.4 Å². The standard InChI is InChI=1S/C18H19N3O2/c1-11-8-15-16(9-12(11)2)21(7-6-17(22)23)18(20-15)13-4-3-5-14(19)10-13/h3-5,8-10H,6-7,19H2,1-2H3,(H,22,23). The highest BCUT2D eigenvalue weighted by atomic mass is 16.4. The van der Waals surface area contributed by atoms with Gasteiger partial charge in [0.15, 0.2) is 0 Å². The molecule has 0 fully saturated rings. The van der Waals surface area contributed by atoms with E-state index in [0.29, 0.717) is 12.2 Å². The Kier molecular flexibility index (Phi) is 3.78. The van der Waals surface area contributed by atoms with Crippen molar-refractivity contribution >= 4 is 22.7 Å². The number of imidazole rings is 1. The first-order valence-corrected chi connectivity index (χ1v) is 7.51. The Balaban J connectivity index is 2.22. The summed E-state index contributed by atoms with van der Waals surface area (Å²) in [6.45, 7) is 4.47. The van der Waals surface area contributed by atoms with Crippen molar-refractivity contribution in [3.63, 3.8) is 0 Å². The predicted octanol–water partition coefficient (Wildman–Crippen LogP) is 3.38. The van der Waals surface area contributed by atoms with Crippen LogP contribution in [0, 0.1) is 13.8 Å². The summed E-state index contributed by atoms with van der Waals surface area (Å²) in [6, 6.07) is 11.6. The van der Waals surface area contributed by atoms with E-state index in [4.69, 9.17) is 15.8 Å². The Morgan fingerprint density at radius 1 is 1.22 bits per heavy atom. The SMILES string of the molecule is Cc1cc2nc(-c3cccc(N)c3)n(CCC(=O)O)c2cc1C. The first-order valence-electron chi connectivity index (χ1n) is 7.51. The van der Waals surface area contributed by atoms with Crippen molar-refractivity contribution in [3.8, 4) is 11.4 Å². The molecule has 118 valence electrons. The van der Waals surface area contributed by atoms with Gasteiger partial charge in [0, 0.05) is 17.8 Å². The number of hydrogen-bond donors (Lipinski definition) is 2. The number of benzene rings is 2. The molecule has 0 amide bonds. The number of aliphatic carboxylic acids is 1. The van der Waals surface area contributed by atoms with E-state index in [9.17, 15) is 4.79 Å². The van der Waals surface area contributed by atoms with Crippen molar-refractivity contribution < 1.29 is 9.90 Å². The minimum Gasteiger partial charge on any atom is -0.481 e. The van der Waals surface area contributed by atoms with E-state index >= 15 is 0 Å². The quantitative estimate of drug-likeness (QED) is 0.724. The van der Waals surface area contributed by atoms with E-state index in [1.54, 1.807) is 0 Å². The zero-order valence-electron chi connectivity index (χ0n) is 13.2. The number of anilines is 1. The number of nitrogens with zero attached hydrogens (tertiary/aromatic N) is 2. The van der Waals surface area contributed by atoms with Crippen molar-refractivity contribution in [2.75, 3.05) is 5.73 Å². The lowest BCUT2D eigenvalue weighted by Gasteiger charge is -2.09. The van der Waals surface area contributed by atoms with Crippen molar-refractivity contribution in [2.45, 2.75) is 26.8 Å². The number of carboxylic acid groups (broad SMARTS) is 1. The first-order chi connectivity index (χ1) is 11.0. The molecule has 0 spiro atoms. The molecule has 0 aliphatic carbocycles. The van der Waals surface area contributed by atoms with Crippen LogP contribution < -0.4 is 5.73 Å². The van der Waals surface area contributed by atoms with E-state index in [0.717, 1.165) is 28.0 Å². The number of nitrogens with two attached hydrogens (primary N) is 1. The van der Waals surface area contributed by atoms with Gasteiger partial charge in [0.2, 0.25) is 0 Å². The third kappa shape index (κ3) is 2.90. The van der Waals surface area contributed by atoms with E-state index in [1.807, 2.05) is 48.7 Å². The van der Waals surface area contributed by atoms with Gasteiger partial charge in [-0.2, -0.15) is 0 Å². The average molecular weight is 309 g/mol. The molecule has 5 heteroatoms. The van der Waals surface area contributed by atoms with Crippen LogP contribution in [0.2, 0.25) is 0 Å². The zero-order valence-corrected chi connectivity index (χ0v) is 13.2. The van der Waals surface area contributed by atoms with Crippen molar-refractivity contribution in [2.24, 2.45) is 0 Å². The lowest BCUT2D eigenvalue weighted by Crippen LogP contribution is -2.06. The highest BCUT2D eigenvalue weighted by Gasteiger charge is 2.14. The van der Waals surface area contributed by atoms with Crippen LogP contribution >= 0.6 is 0 Å². The van der Waals surface area contributed by atoms with Crippen molar-refractivity contribution in [1.29, 1.82) is 0 Å². The molecular formula is C18H19N3O2. The molecule has 5 nitrogen and oxygen atoms in total. The molecule has 0 aliphatic rings. The Morgan fingerprint density at radius 3 is 2.65 bits per heavy atom. The van der Waals surface area contributed by atoms with Gasteiger partial charge >= 0.3 is 5.97 Å². The van der Waals surface area contributed by atoms with Crippen LogP contribution in [0.25, 0.3) is 22.4 Å². The lowest BCUT2D eigenvalue weighted by atomic mass is 10.1. The summed E-state index contributed by atoms with van der Waals surface area (Å²) in [6.07, 6.45) is 0.0493. The van der Waals surface area contributed by atoms with E-state index in [1.165, 1.54) is 5.56 Å². The maximum Gasteiger partial charge on any atom is 0.305 e. The summed E-state index contributed by atoms with van der Waals surface area (Å²) in [5.41, 5.74) is 11.6. The summed E-state index contributed by atoms with van der Waals surface area (Å²) in [7, 11) is 0. The first kappa shape index (κ1) is 15.1. The van der Waals surface area contributed by atoms with Crippen LogP contribution in [0.15, 0.2) is 36.4 Å². The molecule has 1 aromatic heterocycles. The van der Waals surface area contributed by atoms with Gasteiger partial charge in [-0.1, -0.05) is 12.1 Å². The maximum absolute atomic E-state index is 11.0. The minimum atomic E-state index is -0.825. The normalized spacial score (nSPS) is 11.0. The average Bonchev–Trinajstić information content (AvgIpc) is 2.83. The minimum absolute atomic E-state index is 0.0493. The molecule has 3 rings (SSSR count). The van der Waals surface area contributed by atoms with E-state index in [-0.39, 0.29) is 6.42 Å². The Hall–Kier alpha value is -2.82. The summed E-state index contributed by atoms with van der Waals surface area (Å²) >= 11 is 0. The fourth-order valence-electron chi connectivity index (χ4n) is 2.71. The molecule has 3 N–H and O–H groups in total. The predicted molar refractivity (Wildman–Crippen MR) is 91.3 cm³/mol. The maximum atomic E-state index is 11.0. The zero-order chi connectivity index (χ0) is 16.6. The van der Waals surface area contributed by atoms with Crippen LogP contribution in [0.5, 0.6) is 0 Å². The Bertz CT molecular complexity index is 897. The molecule has 3 aromatic rings. The number of aromatic nitrogens is 2.